The number of aryl methyl sites for hydroxylation is 1. The van der Waals surface area contributed by atoms with E-state index < -0.39 is 5.60 Å². The number of ether oxygens (including phenoxy) is 2. The van der Waals surface area contributed by atoms with E-state index in [0.29, 0.717) is 26.1 Å². The highest BCUT2D eigenvalue weighted by Gasteiger charge is 2.38. The van der Waals surface area contributed by atoms with Gasteiger partial charge in [0.25, 0.3) is 5.91 Å². The maximum Gasteiger partial charge on any atom is 0.316 e. The van der Waals surface area contributed by atoms with Gasteiger partial charge in [0.15, 0.2) is 6.61 Å². The lowest BCUT2D eigenvalue weighted by molar-refractivity contribution is -0.159. The second-order valence-electron chi connectivity index (χ2n) is 6.43. The van der Waals surface area contributed by atoms with Crippen LogP contribution in [0.5, 0.6) is 6.01 Å². The van der Waals surface area contributed by atoms with Gasteiger partial charge < -0.3 is 19.5 Å². The molecule has 2 heterocycles. The Hall–Kier alpha value is -2.51. The van der Waals surface area contributed by atoms with Crippen LogP contribution >= 0.6 is 0 Å². The molecule has 1 aromatic carbocycles. The molecule has 1 aromatic heterocycles. The Bertz CT molecular complexity index is 741. The second-order valence-corrected chi connectivity index (χ2v) is 6.43. The van der Waals surface area contributed by atoms with Gasteiger partial charge in [-0.1, -0.05) is 24.3 Å². The van der Waals surface area contributed by atoms with Crippen molar-refractivity contribution in [1.82, 2.24) is 14.9 Å². The van der Waals surface area contributed by atoms with Crippen LogP contribution in [-0.2, 0) is 16.0 Å². The number of nitrogens with zero attached hydrogens (tertiary/aromatic N) is 3. The van der Waals surface area contributed by atoms with Gasteiger partial charge in [0, 0.05) is 25.4 Å². The van der Waals surface area contributed by atoms with Gasteiger partial charge in [-0.05, 0) is 24.1 Å². The molecule has 1 aliphatic heterocycles. The van der Waals surface area contributed by atoms with Crippen LogP contribution in [0.3, 0.4) is 0 Å². The maximum absolute atomic E-state index is 12.5. The average molecular weight is 357 g/mol. The van der Waals surface area contributed by atoms with E-state index >= 15 is 0 Å². The fraction of sp³-hybridized carbons (Fsp3) is 0.421. The summed E-state index contributed by atoms with van der Waals surface area (Å²) in [7, 11) is 0. The van der Waals surface area contributed by atoms with E-state index in [4.69, 9.17) is 9.47 Å². The third-order valence-corrected chi connectivity index (χ3v) is 4.53. The summed E-state index contributed by atoms with van der Waals surface area (Å²) < 4.78 is 11.3. The number of morpholine rings is 1. The van der Waals surface area contributed by atoms with E-state index in [1.807, 2.05) is 31.2 Å². The molecule has 1 N–H and O–H groups in total. The van der Waals surface area contributed by atoms with Gasteiger partial charge >= 0.3 is 6.01 Å². The van der Waals surface area contributed by atoms with Crippen molar-refractivity contribution in [1.29, 1.82) is 0 Å². The number of aliphatic hydroxyl groups excluding tert-OH is 1. The standard InChI is InChI=1S/C19H23N3O4/c1-15-5-2-3-6-16(15)11-19(14-23)13-22(9-10-26-19)17(24)12-25-18-20-7-4-8-21-18/h2-8,23H,9-14H2,1H3/t19-/m1/s1. The highest BCUT2D eigenvalue weighted by atomic mass is 16.5. The summed E-state index contributed by atoms with van der Waals surface area (Å²) in [6.45, 7) is 2.88. The minimum absolute atomic E-state index is 0.143. The Morgan fingerprint density at radius 1 is 1.31 bits per heavy atom. The van der Waals surface area contributed by atoms with Gasteiger partial charge in [0.05, 0.1) is 19.8 Å². The number of aliphatic hydroxyl groups is 1. The topological polar surface area (TPSA) is 84.8 Å². The van der Waals surface area contributed by atoms with E-state index in [-0.39, 0.29) is 25.1 Å². The highest BCUT2D eigenvalue weighted by Crippen LogP contribution is 2.24. The Morgan fingerprint density at radius 3 is 2.81 bits per heavy atom. The van der Waals surface area contributed by atoms with Crippen LogP contribution in [0, 0.1) is 6.92 Å². The van der Waals surface area contributed by atoms with Crippen LogP contribution in [0.1, 0.15) is 11.1 Å². The van der Waals surface area contributed by atoms with Crippen molar-refractivity contribution in [2.75, 3.05) is 32.9 Å². The molecule has 0 bridgehead atoms. The first-order valence-corrected chi connectivity index (χ1v) is 8.59. The molecular formula is C19H23N3O4. The maximum atomic E-state index is 12.5. The SMILES string of the molecule is Cc1ccccc1C[C@]1(CO)CN(C(=O)COc2ncccn2)CCO1. The van der Waals surface area contributed by atoms with Crippen LogP contribution < -0.4 is 4.74 Å². The fourth-order valence-corrected chi connectivity index (χ4v) is 3.05. The van der Waals surface area contributed by atoms with Gasteiger partial charge in [0.1, 0.15) is 5.60 Å². The Kier molecular flexibility index (Phi) is 5.80. The monoisotopic (exact) mass is 357 g/mol. The first-order chi connectivity index (χ1) is 12.6. The van der Waals surface area contributed by atoms with Gasteiger partial charge in [-0.3, -0.25) is 4.79 Å². The zero-order valence-electron chi connectivity index (χ0n) is 14.8. The van der Waals surface area contributed by atoms with E-state index in [0.717, 1.165) is 11.1 Å². The molecule has 2 aromatic rings. The largest absolute Gasteiger partial charge is 0.453 e. The van der Waals surface area contributed by atoms with Gasteiger partial charge in [-0.15, -0.1) is 0 Å². The Morgan fingerprint density at radius 2 is 2.08 bits per heavy atom. The van der Waals surface area contributed by atoms with E-state index in [2.05, 4.69) is 9.97 Å². The minimum atomic E-state index is -0.802. The molecule has 0 spiro atoms. The number of benzene rings is 1. The van der Waals surface area contributed by atoms with Crippen molar-refractivity contribution in [3.05, 3.63) is 53.9 Å². The van der Waals surface area contributed by atoms with Crippen LogP contribution in [0.15, 0.2) is 42.7 Å². The third-order valence-electron chi connectivity index (χ3n) is 4.53. The third kappa shape index (κ3) is 4.36. The molecule has 1 fully saturated rings. The van der Waals surface area contributed by atoms with Crippen molar-refractivity contribution in [3.8, 4) is 6.01 Å². The second kappa shape index (κ2) is 8.25. The summed E-state index contributed by atoms with van der Waals surface area (Å²) in [5.41, 5.74) is 1.44. The highest BCUT2D eigenvalue weighted by molar-refractivity contribution is 5.77. The van der Waals surface area contributed by atoms with Crippen LogP contribution in [0.2, 0.25) is 0 Å². The zero-order valence-corrected chi connectivity index (χ0v) is 14.8. The summed E-state index contributed by atoms with van der Waals surface area (Å²) in [6.07, 6.45) is 3.66. The van der Waals surface area contributed by atoms with Crippen molar-refractivity contribution >= 4 is 5.91 Å². The van der Waals surface area contributed by atoms with E-state index in [1.54, 1.807) is 23.4 Å². The minimum Gasteiger partial charge on any atom is -0.453 e. The first-order valence-electron chi connectivity index (χ1n) is 8.59. The molecule has 1 atom stereocenters. The molecular weight excluding hydrogens is 334 g/mol. The molecule has 1 saturated heterocycles. The summed E-state index contributed by atoms with van der Waals surface area (Å²) in [6, 6.07) is 9.84. The summed E-state index contributed by atoms with van der Waals surface area (Å²) >= 11 is 0. The van der Waals surface area contributed by atoms with Crippen molar-refractivity contribution in [2.24, 2.45) is 0 Å². The Labute approximate surface area is 152 Å². The molecule has 1 aliphatic rings. The molecule has 3 rings (SSSR count). The summed E-state index contributed by atoms with van der Waals surface area (Å²) in [5.74, 6) is -0.177. The fourth-order valence-electron chi connectivity index (χ4n) is 3.05. The molecule has 0 unspecified atom stereocenters. The molecule has 26 heavy (non-hydrogen) atoms. The number of hydrogen-bond acceptors (Lipinski definition) is 6. The van der Waals surface area contributed by atoms with Crippen LogP contribution in [-0.4, -0.2) is 64.4 Å². The predicted octanol–water partition coefficient (Wildman–Crippen LogP) is 0.996. The lowest BCUT2D eigenvalue weighted by atomic mass is 9.91. The lowest BCUT2D eigenvalue weighted by Crippen LogP contribution is -2.57. The smallest absolute Gasteiger partial charge is 0.316 e. The molecule has 0 radical (unpaired) electrons. The normalized spacial score (nSPS) is 20.0. The van der Waals surface area contributed by atoms with E-state index in [9.17, 15) is 9.90 Å². The zero-order chi connectivity index (χ0) is 18.4. The number of amides is 1. The average Bonchev–Trinajstić information content (AvgIpc) is 2.69. The molecule has 138 valence electrons. The summed E-state index contributed by atoms with van der Waals surface area (Å²) in [5, 5.41) is 9.99. The van der Waals surface area contributed by atoms with E-state index in [1.165, 1.54) is 0 Å². The van der Waals surface area contributed by atoms with Crippen molar-refractivity contribution in [3.63, 3.8) is 0 Å². The quantitative estimate of drug-likeness (QED) is 0.830. The lowest BCUT2D eigenvalue weighted by Gasteiger charge is -2.42. The van der Waals surface area contributed by atoms with Gasteiger partial charge in [0.2, 0.25) is 0 Å². The van der Waals surface area contributed by atoms with Crippen molar-refractivity contribution in [2.45, 2.75) is 18.9 Å². The molecule has 0 aliphatic carbocycles. The molecule has 0 saturated carbocycles. The number of hydrogen-bond donors (Lipinski definition) is 1. The van der Waals surface area contributed by atoms with Crippen molar-refractivity contribution < 1.29 is 19.4 Å². The van der Waals surface area contributed by atoms with Gasteiger partial charge in [-0.2, -0.15) is 0 Å². The number of carbonyl (C=O) groups is 1. The van der Waals surface area contributed by atoms with Crippen LogP contribution in [0.4, 0.5) is 0 Å². The number of aromatic nitrogens is 2. The number of rotatable bonds is 6. The molecule has 1 amide bonds. The number of carbonyl (C=O) groups excluding carboxylic acids is 1. The molecule has 7 heteroatoms. The molecule has 7 nitrogen and oxygen atoms in total. The Balaban J connectivity index is 1.64. The first kappa shape index (κ1) is 18.3. The van der Waals surface area contributed by atoms with Gasteiger partial charge in [-0.25, -0.2) is 9.97 Å². The van der Waals surface area contributed by atoms with Crippen LogP contribution in [0.25, 0.3) is 0 Å². The predicted molar refractivity (Wildman–Crippen MR) is 94.8 cm³/mol. The summed E-state index contributed by atoms with van der Waals surface area (Å²) in [4.78, 5) is 22.0.